The molecule has 0 heterocycles. The molecule has 22 heavy (non-hydrogen) atoms. The molecule has 0 fully saturated rings. The zero-order valence-electron chi connectivity index (χ0n) is 13.1. The van der Waals surface area contributed by atoms with E-state index in [-0.39, 0.29) is 5.91 Å². The third kappa shape index (κ3) is 5.34. The van der Waals surface area contributed by atoms with E-state index in [9.17, 15) is 4.79 Å². The van der Waals surface area contributed by atoms with Gasteiger partial charge >= 0.3 is 0 Å². The van der Waals surface area contributed by atoms with Crippen LogP contribution in [0.4, 0.5) is 17.1 Å². The smallest absolute Gasteiger partial charge is 0.226 e. The highest BCUT2D eigenvalue weighted by Gasteiger charge is 2.12. The van der Waals surface area contributed by atoms with Gasteiger partial charge in [-0.3, -0.25) is 4.79 Å². The minimum atomic E-state index is -0.856. The number of nitrogens with two attached hydrogens (primary N) is 2. The SMILES string of the molecule is CCCC(=O)N(C)c1ccc(NCCC(N)O)c(N=CN)c1. The number of aliphatic hydroxyl groups is 1. The molecular formula is C15H25N5O2. The standard InChI is InChI=1S/C15H25N5O2/c1-3-4-15(22)20(2)11-5-6-12(13(9-11)19-10-16)18-8-7-14(17)21/h5-6,9-10,14,18,21H,3-4,7-8,17H2,1-2H3,(H2,16,19). The normalized spacial score (nSPS) is 12.4. The van der Waals surface area contributed by atoms with Crippen LogP contribution in [0, 0.1) is 0 Å². The van der Waals surface area contributed by atoms with Crippen molar-refractivity contribution < 1.29 is 9.90 Å². The Morgan fingerprint density at radius 2 is 2.27 bits per heavy atom. The summed E-state index contributed by atoms with van der Waals surface area (Å²) in [7, 11) is 1.74. The largest absolute Gasteiger partial charge is 0.390 e. The van der Waals surface area contributed by atoms with E-state index in [4.69, 9.17) is 16.6 Å². The van der Waals surface area contributed by atoms with Gasteiger partial charge in [-0.1, -0.05) is 6.92 Å². The molecule has 0 spiro atoms. The number of anilines is 2. The summed E-state index contributed by atoms with van der Waals surface area (Å²) in [5.41, 5.74) is 12.8. The van der Waals surface area contributed by atoms with Gasteiger partial charge in [-0.2, -0.15) is 0 Å². The van der Waals surface area contributed by atoms with Crippen LogP contribution in [0.2, 0.25) is 0 Å². The van der Waals surface area contributed by atoms with Gasteiger partial charge < -0.3 is 26.8 Å². The van der Waals surface area contributed by atoms with Crippen molar-refractivity contribution in [2.24, 2.45) is 16.5 Å². The molecule has 1 amide bonds. The van der Waals surface area contributed by atoms with Gasteiger partial charge in [0.25, 0.3) is 0 Å². The Labute approximate surface area is 131 Å². The van der Waals surface area contributed by atoms with Crippen LogP contribution in [0.25, 0.3) is 0 Å². The molecule has 7 nitrogen and oxygen atoms in total. The number of benzene rings is 1. The fourth-order valence-electron chi connectivity index (χ4n) is 1.95. The van der Waals surface area contributed by atoms with Crippen LogP contribution in [0.15, 0.2) is 23.2 Å². The molecule has 0 saturated carbocycles. The zero-order valence-corrected chi connectivity index (χ0v) is 13.1. The van der Waals surface area contributed by atoms with E-state index in [1.54, 1.807) is 18.0 Å². The van der Waals surface area contributed by atoms with Gasteiger partial charge in [-0.15, -0.1) is 0 Å². The molecule has 1 rings (SSSR count). The van der Waals surface area contributed by atoms with Crippen LogP contribution in [0.3, 0.4) is 0 Å². The second-order valence-corrected chi connectivity index (χ2v) is 4.97. The van der Waals surface area contributed by atoms with Crippen LogP contribution >= 0.6 is 0 Å². The lowest BCUT2D eigenvalue weighted by Crippen LogP contribution is -2.25. The minimum absolute atomic E-state index is 0.0529. The summed E-state index contributed by atoms with van der Waals surface area (Å²) < 4.78 is 0. The van der Waals surface area contributed by atoms with E-state index in [1.165, 1.54) is 6.34 Å². The predicted molar refractivity (Wildman–Crippen MR) is 90.4 cm³/mol. The summed E-state index contributed by atoms with van der Waals surface area (Å²) in [5, 5.41) is 12.2. The molecule has 1 unspecified atom stereocenters. The van der Waals surface area contributed by atoms with E-state index < -0.39 is 6.23 Å². The molecule has 0 bridgehead atoms. The first-order valence-corrected chi connectivity index (χ1v) is 7.32. The number of aliphatic imine (C=N–C) groups is 1. The lowest BCUT2D eigenvalue weighted by molar-refractivity contribution is -0.118. The van der Waals surface area contributed by atoms with E-state index in [0.717, 1.165) is 17.8 Å². The van der Waals surface area contributed by atoms with Gasteiger partial charge in [0.1, 0.15) is 6.23 Å². The van der Waals surface area contributed by atoms with Gasteiger partial charge in [-0.05, 0) is 24.6 Å². The summed E-state index contributed by atoms with van der Waals surface area (Å²) in [5.74, 6) is 0.0529. The van der Waals surface area contributed by atoms with Gasteiger partial charge in [0.05, 0.1) is 17.7 Å². The molecule has 0 aliphatic carbocycles. The number of nitrogens with one attached hydrogen (secondary N) is 1. The molecule has 0 aliphatic rings. The molecular weight excluding hydrogens is 282 g/mol. The average molecular weight is 307 g/mol. The molecule has 122 valence electrons. The van der Waals surface area contributed by atoms with Crippen molar-refractivity contribution in [1.82, 2.24) is 0 Å². The summed E-state index contributed by atoms with van der Waals surface area (Å²) >= 11 is 0. The quantitative estimate of drug-likeness (QED) is 0.326. The van der Waals surface area contributed by atoms with Gasteiger partial charge in [0, 0.05) is 32.1 Å². The monoisotopic (exact) mass is 307 g/mol. The Balaban J connectivity index is 2.91. The van der Waals surface area contributed by atoms with Crippen LogP contribution in [-0.2, 0) is 4.79 Å². The number of rotatable bonds is 8. The van der Waals surface area contributed by atoms with Crippen molar-refractivity contribution in [3.05, 3.63) is 18.2 Å². The first kappa shape index (κ1) is 17.9. The minimum Gasteiger partial charge on any atom is -0.390 e. The Kier molecular flexibility index (Phi) is 7.34. The molecule has 1 aromatic carbocycles. The summed E-state index contributed by atoms with van der Waals surface area (Å²) in [4.78, 5) is 17.7. The maximum Gasteiger partial charge on any atom is 0.226 e. The fraction of sp³-hybridized carbons (Fsp3) is 0.467. The van der Waals surface area contributed by atoms with E-state index >= 15 is 0 Å². The van der Waals surface area contributed by atoms with Crippen LogP contribution in [0.1, 0.15) is 26.2 Å². The zero-order chi connectivity index (χ0) is 16.5. The highest BCUT2D eigenvalue weighted by molar-refractivity contribution is 5.94. The van der Waals surface area contributed by atoms with Crippen molar-refractivity contribution in [3.8, 4) is 0 Å². The first-order chi connectivity index (χ1) is 10.5. The van der Waals surface area contributed by atoms with Gasteiger partial charge in [0.2, 0.25) is 5.91 Å². The second kappa shape index (κ2) is 9.01. The van der Waals surface area contributed by atoms with Crippen molar-refractivity contribution >= 4 is 29.3 Å². The molecule has 1 atom stereocenters. The molecule has 1 aromatic rings. The predicted octanol–water partition coefficient (Wildman–Crippen LogP) is 1.15. The molecule has 0 aromatic heterocycles. The van der Waals surface area contributed by atoms with E-state index in [1.807, 2.05) is 19.1 Å². The number of hydrogen-bond acceptors (Lipinski definition) is 5. The number of amides is 1. The maximum absolute atomic E-state index is 12.0. The molecule has 0 aliphatic heterocycles. The third-order valence-corrected chi connectivity index (χ3v) is 3.18. The lowest BCUT2D eigenvalue weighted by atomic mass is 10.2. The fourth-order valence-corrected chi connectivity index (χ4v) is 1.95. The van der Waals surface area contributed by atoms with E-state index in [2.05, 4.69) is 10.3 Å². The summed E-state index contributed by atoms with van der Waals surface area (Å²) in [6, 6.07) is 5.46. The second-order valence-electron chi connectivity index (χ2n) is 4.97. The summed E-state index contributed by atoms with van der Waals surface area (Å²) in [6.07, 6.45) is 2.07. The maximum atomic E-state index is 12.0. The topological polar surface area (TPSA) is 117 Å². The average Bonchev–Trinajstić information content (AvgIpc) is 2.48. The van der Waals surface area contributed by atoms with Crippen molar-refractivity contribution in [2.75, 3.05) is 23.8 Å². The number of carbonyl (C=O) groups is 1. The highest BCUT2D eigenvalue weighted by atomic mass is 16.3. The van der Waals surface area contributed by atoms with Crippen LogP contribution in [0.5, 0.6) is 0 Å². The molecule has 0 saturated heterocycles. The molecule has 7 heteroatoms. The Morgan fingerprint density at radius 1 is 1.55 bits per heavy atom. The number of carbonyl (C=O) groups excluding carboxylic acids is 1. The van der Waals surface area contributed by atoms with Gasteiger partial charge in [-0.25, -0.2) is 4.99 Å². The van der Waals surface area contributed by atoms with Crippen molar-refractivity contribution in [2.45, 2.75) is 32.4 Å². The van der Waals surface area contributed by atoms with Crippen LogP contribution < -0.4 is 21.7 Å². The number of nitrogens with zero attached hydrogens (tertiary/aromatic N) is 2. The Hall–Kier alpha value is -2.12. The highest BCUT2D eigenvalue weighted by Crippen LogP contribution is 2.30. The Morgan fingerprint density at radius 3 is 2.86 bits per heavy atom. The first-order valence-electron chi connectivity index (χ1n) is 7.32. The lowest BCUT2D eigenvalue weighted by Gasteiger charge is -2.19. The van der Waals surface area contributed by atoms with Gasteiger partial charge in [0.15, 0.2) is 0 Å². The van der Waals surface area contributed by atoms with Crippen LogP contribution in [-0.4, -0.2) is 37.2 Å². The number of aliphatic hydroxyl groups excluding tert-OH is 1. The summed E-state index contributed by atoms with van der Waals surface area (Å²) in [6.45, 7) is 2.48. The van der Waals surface area contributed by atoms with Crippen molar-refractivity contribution in [3.63, 3.8) is 0 Å². The molecule has 6 N–H and O–H groups in total. The van der Waals surface area contributed by atoms with E-state index in [0.29, 0.717) is 25.1 Å². The molecule has 0 radical (unpaired) electrons. The van der Waals surface area contributed by atoms with Crippen molar-refractivity contribution in [1.29, 1.82) is 0 Å². The third-order valence-electron chi connectivity index (χ3n) is 3.18. The Bertz CT molecular complexity index is 517. The number of hydrogen-bond donors (Lipinski definition) is 4.